The number of carbonyl (C=O) groups excluding carboxylic acids is 2. The maximum absolute atomic E-state index is 16.9. The molecule has 0 aliphatic carbocycles. The van der Waals surface area contributed by atoms with E-state index in [9.17, 15) is 19.5 Å². The first-order chi connectivity index (χ1) is 29.4. The second-order valence-electron chi connectivity index (χ2n) is 17.2. The third-order valence-corrected chi connectivity index (χ3v) is 15.6. The SMILES string of the molecule is C[C@@H]1[C@@H]([Si](C)(C)F)[C@H](CC(=O)N2Cc3ccccc3C[C@H]2CO)O[C@@]12C(=O)N(Cc1ccc(-n3[nH]c4ccccc4c3=O)cc1)c1ccc(-n3[nH]c4ccccc4c3=O)cc12. The Hall–Kier alpha value is -6.35. The molecule has 10 rings (SSSR count). The van der Waals surface area contributed by atoms with Crippen molar-refractivity contribution in [2.45, 2.75) is 69.2 Å². The van der Waals surface area contributed by atoms with Gasteiger partial charge in [0, 0.05) is 23.6 Å². The van der Waals surface area contributed by atoms with Gasteiger partial charge in [0.15, 0.2) is 5.60 Å². The Balaban J connectivity index is 1.04. The van der Waals surface area contributed by atoms with Crippen LogP contribution in [0.15, 0.2) is 125 Å². The summed E-state index contributed by atoms with van der Waals surface area (Å²) in [5.74, 6) is -1.36. The summed E-state index contributed by atoms with van der Waals surface area (Å²) in [6.45, 7) is 5.25. The lowest BCUT2D eigenvalue weighted by atomic mass is 9.82. The van der Waals surface area contributed by atoms with E-state index >= 15 is 8.90 Å². The summed E-state index contributed by atoms with van der Waals surface area (Å²) in [6.07, 6.45) is -0.628. The Morgan fingerprint density at radius 3 is 2.03 bits per heavy atom. The minimum absolute atomic E-state index is 0.132. The summed E-state index contributed by atoms with van der Waals surface area (Å²) in [7, 11) is -3.66. The van der Waals surface area contributed by atoms with Crippen LogP contribution in [0, 0.1) is 5.92 Å². The largest absolute Gasteiger partial charge is 0.394 e. The Morgan fingerprint density at radius 2 is 1.41 bits per heavy atom. The maximum atomic E-state index is 16.9. The van der Waals surface area contributed by atoms with E-state index in [0.717, 1.165) is 16.7 Å². The van der Waals surface area contributed by atoms with E-state index in [1.807, 2.05) is 85.8 Å². The number of aliphatic hydroxyl groups is 1. The number of aromatic amines is 2. The van der Waals surface area contributed by atoms with Gasteiger partial charge in [0.25, 0.3) is 17.0 Å². The van der Waals surface area contributed by atoms with E-state index in [1.54, 1.807) is 59.3 Å². The molecule has 12 nitrogen and oxygen atoms in total. The summed E-state index contributed by atoms with van der Waals surface area (Å²) >= 11 is 0. The fourth-order valence-electron chi connectivity index (χ4n) is 10.3. The van der Waals surface area contributed by atoms with Gasteiger partial charge >= 0.3 is 0 Å². The highest BCUT2D eigenvalue weighted by Crippen LogP contribution is 2.60. The summed E-state index contributed by atoms with van der Waals surface area (Å²) in [6, 6.07) is 34.6. The van der Waals surface area contributed by atoms with Gasteiger partial charge in [-0.15, -0.1) is 0 Å². The van der Waals surface area contributed by atoms with Crippen molar-refractivity contribution in [2.75, 3.05) is 11.5 Å². The highest BCUT2D eigenvalue weighted by molar-refractivity contribution is 6.72. The molecule has 3 aliphatic rings. The van der Waals surface area contributed by atoms with Crippen molar-refractivity contribution in [3.8, 4) is 11.4 Å². The molecule has 310 valence electrons. The van der Waals surface area contributed by atoms with Crippen molar-refractivity contribution in [3.63, 3.8) is 0 Å². The first-order valence-electron chi connectivity index (χ1n) is 20.7. The molecule has 5 atom stereocenters. The lowest BCUT2D eigenvalue weighted by Gasteiger charge is -2.37. The molecule has 1 spiro atoms. The van der Waals surface area contributed by atoms with Gasteiger partial charge in [0.2, 0.25) is 14.3 Å². The Kier molecular flexibility index (Phi) is 9.16. The molecule has 0 radical (unpaired) electrons. The smallest absolute Gasteiger partial charge is 0.279 e. The number of carbonyl (C=O) groups is 2. The van der Waals surface area contributed by atoms with Crippen LogP contribution < -0.4 is 16.0 Å². The van der Waals surface area contributed by atoms with E-state index < -0.39 is 37.6 Å². The van der Waals surface area contributed by atoms with Gasteiger partial charge in [-0.25, -0.2) is 9.36 Å². The van der Waals surface area contributed by atoms with Gasteiger partial charge in [-0.05, 0) is 90.8 Å². The molecule has 1 saturated heterocycles. The predicted molar refractivity (Wildman–Crippen MR) is 233 cm³/mol. The molecule has 5 aromatic carbocycles. The molecule has 0 saturated carbocycles. The summed E-state index contributed by atoms with van der Waals surface area (Å²) in [4.78, 5) is 60.0. The van der Waals surface area contributed by atoms with Crippen molar-refractivity contribution < 1.29 is 23.5 Å². The van der Waals surface area contributed by atoms with Crippen molar-refractivity contribution >= 4 is 47.7 Å². The fourth-order valence-corrected chi connectivity index (χ4v) is 12.8. The number of halogens is 1. The van der Waals surface area contributed by atoms with Gasteiger partial charge in [-0.2, -0.15) is 0 Å². The number of benzene rings is 5. The van der Waals surface area contributed by atoms with Gasteiger partial charge in [-0.1, -0.05) is 67.6 Å². The number of aliphatic hydroxyl groups excluding tert-OH is 1. The first kappa shape index (κ1) is 38.8. The summed E-state index contributed by atoms with van der Waals surface area (Å²) in [5, 5.41) is 17.8. The molecule has 14 heteroatoms. The fraction of sp³-hybridized carbons (Fsp3) is 0.277. The normalized spacial score (nSPS) is 22.4. The third-order valence-electron chi connectivity index (χ3n) is 13.2. The van der Waals surface area contributed by atoms with Crippen molar-refractivity contribution in [3.05, 3.63) is 158 Å². The Labute approximate surface area is 350 Å². The number of amides is 2. The number of anilines is 1. The van der Waals surface area contributed by atoms with Crippen LogP contribution in [0.4, 0.5) is 9.80 Å². The number of nitrogens with zero attached hydrogens (tertiary/aromatic N) is 4. The van der Waals surface area contributed by atoms with Crippen LogP contribution in [0.5, 0.6) is 0 Å². The standard InChI is InChI=1S/C47H45FN6O6Si/c1-28-43(61(2,3)48)41(24-42(56)51-26-31-11-5-4-10-30(31)22-34(51)27-55)60-47(28)37-23-33(54-45(58)36-13-7-9-15-39(36)50-54)20-21-40(37)52(46(47)59)25-29-16-18-32(19-17-29)53-44(57)35-12-6-8-14-38(35)49-53/h4-21,23,28,34,41,43,49-50,55H,22,24-27H2,1-3H3/t28-,34+,41+,43-,47+/m1/s1. The number of hydrogen-bond donors (Lipinski definition) is 3. The van der Waals surface area contributed by atoms with Crippen LogP contribution in [0.3, 0.4) is 0 Å². The predicted octanol–water partition coefficient (Wildman–Crippen LogP) is 6.61. The van der Waals surface area contributed by atoms with E-state index in [2.05, 4.69) is 10.2 Å². The third kappa shape index (κ3) is 6.14. The van der Waals surface area contributed by atoms with Gasteiger partial charge in [0.05, 0.1) is 70.6 Å². The van der Waals surface area contributed by atoms with Crippen LogP contribution in [-0.4, -0.2) is 68.5 Å². The quantitative estimate of drug-likeness (QED) is 0.116. The van der Waals surface area contributed by atoms with Crippen molar-refractivity contribution in [1.29, 1.82) is 0 Å². The zero-order valence-corrected chi connectivity index (χ0v) is 35.0. The molecule has 2 amide bonds. The Bertz CT molecular complexity index is 3000. The lowest BCUT2D eigenvalue weighted by molar-refractivity contribution is -0.151. The molecule has 3 aliphatic heterocycles. The molecular weight excluding hydrogens is 792 g/mol. The van der Waals surface area contributed by atoms with Crippen molar-refractivity contribution in [2.24, 2.45) is 5.92 Å². The Morgan fingerprint density at radius 1 is 0.820 bits per heavy atom. The van der Waals surface area contributed by atoms with E-state index in [1.165, 1.54) is 9.36 Å². The number of aromatic nitrogens is 4. The zero-order valence-electron chi connectivity index (χ0n) is 34.0. The molecule has 5 heterocycles. The minimum atomic E-state index is -3.66. The first-order valence-corrected chi connectivity index (χ1v) is 23.6. The number of para-hydroxylation sites is 2. The molecular formula is C47H45FN6O6Si. The molecule has 7 aromatic rings. The number of H-pyrrole nitrogens is 2. The van der Waals surface area contributed by atoms with Crippen LogP contribution >= 0.6 is 0 Å². The van der Waals surface area contributed by atoms with Gasteiger partial charge < -0.3 is 23.8 Å². The van der Waals surface area contributed by atoms with Crippen LogP contribution in [0.2, 0.25) is 18.6 Å². The number of ether oxygens (including phenoxy) is 1. The maximum Gasteiger partial charge on any atom is 0.279 e. The average Bonchev–Trinajstić information content (AvgIpc) is 3.95. The highest BCUT2D eigenvalue weighted by atomic mass is 28.4. The molecule has 0 unspecified atom stereocenters. The van der Waals surface area contributed by atoms with Gasteiger partial charge in [-0.3, -0.25) is 29.4 Å². The molecule has 0 bridgehead atoms. The second-order valence-corrected chi connectivity index (χ2v) is 21.0. The number of hydrogen-bond acceptors (Lipinski definition) is 6. The second kappa shape index (κ2) is 14.4. The van der Waals surface area contributed by atoms with E-state index in [4.69, 9.17) is 4.74 Å². The van der Waals surface area contributed by atoms with Crippen LogP contribution in [-0.2, 0) is 39.4 Å². The lowest BCUT2D eigenvalue weighted by Crippen LogP contribution is -2.48. The molecule has 3 N–H and O–H groups in total. The van der Waals surface area contributed by atoms with Crippen LogP contribution in [0.25, 0.3) is 33.2 Å². The van der Waals surface area contributed by atoms with E-state index in [-0.39, 0.29) is 42.5 Å². The van der Waals surface area contributed by atoms with E-state index in [0.29, 0.717) is 57.4 Å². The number of rotatable bonds is 8. The monoisotopic (exact) mass is 836 g/mol. The summed E-state index contributed by atoms with van der Waals surface area (Å²) in [5.41, 5.74) is 3.47. The summed E-state index contributed by atoms with van der Waals surface area (Å²) < 4.78 is 26.8. The number of nitrogens with one attached hydrogen (secondary N) is 2. The minimum Gasteiger partial charge on any atom is -0.394 e. The zero-order chi connectivity index (χ0) is 42.4. The average molecular weight is 837 g/mol. The van der Waals surface area contributed by atoms with Gasteiger partial charge in [0.1, 0.15) is 0 Å². The van der Waals surface area contributed by atoms with Crippen LogP contribution in [0.1, 0.15) is 35.6 Å². The molecule has 1 fully saturated rings. The molecule has 61 heavy (non-hydrogen) atoms. The highest BCUT2D eigenvalue weighted by Gasteiger charge is 2.67. The number of fused-ring (bicyclic) bond motifs is 5. The topological polar surface area (TPSA) is 146 Å². The van der Waals surface area contributed by atoms with Crippen molar-refractivity contribution in [1.82, 2.24) is 24.5 Å². The molecule has 2 aromatic heterocycles.